The van der Waals surface area contributed by atoms with E-state index in [0.717, 1.165) is 43.7 Å². The van der Waals surface area contributed by atoms with Gasteiger partial charge in [-0.25, -0.2) is 4.79 Å². The van der Waals surface area contributed by atoms with Crippen LogP contribution in [0.5, 0.6) is 0 Å². The Hall–Kier alpha value is -2.80. The summed E-state index contributed by atoms with van der Waals surface area (Å²) in [6.45, 7) is 0. The fourth-order valence-electron chi connectivity index (χ4n) is 5.12. The zero-order valence-corrected chi connectivity index (χ0v) is 20.1. The van der Waals surface area contributed by atoms with E-state index in [1.165, 1.54) is 37.4 Å². The summed E-state index contributed by atoms with van der Waals surface area (Å²) in [6.07, 6.45) is 13.3. The molecule has 0 radical (unpaired) electrons. The molecule has 3 aliphatic rings. The highest BCUT2D eigenvalue weighted by Gasteiger charge is 2.39. The summed E-state index contributed by atoms with van der Waals surface area (Å²) in [5.74, 6) is 0.202. The third-order valence-electron chi connectivity index (χ3n) is 6.94. The molecule has 6 nitrogen and oxygen atoms in total. The van der Waals surface area contributed by atoms with Gasteiger partial charge in [0.2, 0.25) is 0 Å². The minimum absolute atomic E-state index is 0.0253. The zero-order chi connectivity index (χ0) is 23.5. The van der Waals surface area contributed by atoms with Crippen LogP contribution < -0.4 is 0 Å². The van der Waals surface area contributed by atoms with E-state index in [2.05, 4.69) is 0 Å². The summed E-state index contributed by atoms with van der Waals surface area (Å²) < 4.78 is 5.99. The maximum absolute atomic E-state index is 13.5. The number of amidine groups is 1. The molecule has 2 aliphatic carbocycles. The van der Waals surface area contributed by atoms with Crippen molar-refractivity contribution in [3.63, 3.8) is 0 Å². The van der Waals surface area contributed by atoms with Gasteiger partial charge in [-0.05, 0) is 61.7 Å². The van der Waals surface area contributed by atoms with E-state index < -0.39 is 5.97 Å². The van der Waals surface area contributed by atoms with Crippen LogP contribution >= 0.6 is 11.8 Å². The Morgan fingerprint density at radius 3 is 2.50 bits per heavy atom. The molecule has 2 saturated carbocycles. The molecule has 1 aromatic heterocycles. The van der Waals surface area contributed by atoms with Crippen LogP contribution in [0.1, 0.15) is 80.3 Å². The number of benzene rings is 1. The number of aromatic carboxylic acids is 1. The molecule has 3 fully saturated rings. The fraction of sp³-hybridized carbons (Fsp3) is 0.444. The number of nitrogens with zero attached hydrogens (tertiary/aromatic N) is 2. The van der Waals surface area contributed by atoms with Gasteiger partial charge in [-0.2, -0.15) is 0 Å². The number of carbonyl (C=O) groups is 2. The Labute approximate surface area is 204 Å². The third-order valence-corrected chi connectivity index (χ3v) is 7.94. The van der Waals surface area contributed by atoms with E-state index >= 15 is 0 Å². The SMILES string of the molecule is O=C(O)c1cccc(-c2ccc(C=C3SC(=NC4CCCCC4)N(C4CCCCC4)C3=O)o2)c1. The predicted molar refractivity (Wildman–Crippen MR) is 135 cm³/mol. The smallest absolute Gasteiger partial charge is 0.335 e. The van der Waals surface area contributed by atoms with E-state index in [1.54, 1.807) is 24.3 Å². The summed E-state index contributed by atoms with van der Waals surface area (Å²) in [5, 5.41) is 10.1. The average molecular weight is 479 g/mol. The number of hydrogen-bond donors (Lipinski definition) is 1. The van der Waals surface area contributed by atoms with Crippen molar-refractivity contribution < 1.29 is 19.1 Å². The number of furan rings is 1. The lowest BCUT2D eigenvalue weighted by molar-refractivity contribution is -0.124. The van der Waals surface area contributed by atoms with Crippen LogP contribution in [0.15, 0.2) is 50.7 Å². The minimum Gasteiger partial charge on any atom is -0.478 e. The molecule has 0 atom stereocenters. The van der Waals surface area contributed by atoms with Crippen LogP contribution in [0.2, 0.25) is 0 Å². The number of carboxylic acid groups (broad SMARTS) is 1. The lowest BCUT2D eigenvalue weighted by Crippen LogP contribution is -2.41. The lowest BCUT2D eigenvalue weighted by atomic mass is 9.94. The number of carboxylic acids is 1. The monoisotopic (exact) mass is 478 g/mol. The minimum atomic E-state index is -0.976. The fourth-order valence-corrected chi connectivity index (χ4v) is 6.21. The molecule has 1 saturated heterocycles. The topological polar surface area (TPSA) is 83.1 Å². The normalized spacial score (nSPS) is 22.7. The van der Waals surface area contributed by atoms with E-state index in [1.807, 2.05) is 23.1 Å². The van der Waals surface area contributed by atoms with Gasteiger partial charge in [0.05, 0.1) is 16.5 Å². The first-order valence-corrected chi connectivity index (χ1v) is 13.1. The molecule has 2 heterocycles. The Bertz CT molecular complexity index is 1120. The maximum atomic E-state index is 13.5. The molecule has 0 unspecified atom stereocenters. The van der Waals surface area contributed by atoms with Crippen LogP contribution in [0.25, 0.3) is 17.4 Å². The number of thioether (sulfide) groups is 1. The molecule has 7 heteroatoms. The highest BCUT2D eigenvalue weighted by Crippen LogP contribution is 2.39. The van der Waals surface area contributed by atoms with Gasteiger partial charge in [0, 0.05) is 17.7 Å². The van der Waals surface area contributed by atoms with Crippen LogP contribution in [0.4, 0.5) is 0 Å². The molecular formula is C27H30N2O4S. The van der Waals surface area contributed by atoms with Gasteiger partial charge in [0.15, 0.2) is 5.17 Å². The lowest BCUT2D eigenvalue weighted by Gasteiger charge is -2.31. The highest BCUT2D eigenvalue weighted by molar-refractivity contribution is 8.18. The molecule has 1 N–H and O–H groups in total. The Morgan fingerprint density at radius 1 is 1.03 bits per heavy atom. The second-order valence-corrected chi connectivity index (χ2v) is 10.4. The average Bonchev–Trinajstić information content (AvgIpc) is 3.45. The largest absolute Gasteiger partial charge is 0.478 e. The second kappa shape index (κ2) is 10.2. The predicted octanol–water partition coefficient (Wildman–Crippen LogP) is 6.58. The number of amides is 1. The zero-order valence-electron chi connectivity index (χ0n) is 19.2. The van der Waals surface area contributed by atoms with Gasteiger partial charge in [-0.15, -0.1) is 0 Å². The van der Waals surface area contributed by atoms with Crippen LogP contribution in [-0.2, 0) is 4.79 Å². The van der Waals surface area contributed by atoms with E-state index in [4.69, 9.17) is 9.41 Å². The number of aliphatic imine (C=N–C) groups is 1. The quantitative estimate of drug-likeness (QED) is 0.491. The van der Waals surface area contributed by atoms with Crippen molar-refractivity contribution in [2.45, 2.75) is 76.3 Å². The Kier molecular flexibility index (Phi) is 6.90. The molecule has 0 bridgehead atoms. The van der Waals surface area contributed by atoms with Crippen LogP contribution in [-0.4, -0.2) is 39.1 Å². The molecular weight excluding hydrogens is 448 g/mol. The van der Waals surface area contributed by atoms with Crippen LogP contribution in [0.3, 0.4) is 0 Å². The van der Waals surface area contributed by atoms with Gasteiger partial charge in [-0.1, -0.05) is 50.7 Å². The standard InChI is InChI=1S/C27H30N2O4S/c30-25-24(17-22-14-15-23(33-22)18-8-7-9-19(16-18)26(31)32)34-27(28-20-10-3-1-4-11-20)29(25)21-12-5-2-6-13-21/h7-9,14-17,20-21H,1-6,10-13H2,(H,31,32). The first-order chi connectivity index (χ1) is 16.6. The molecule has 1 aromatic carbocycles. The van der Waals surface area contributed by atoms with Gasteiger partial charge in [0.25, 0.3) is 5.91 Å². The second-order valence-electron chi connectivity index (χ2n) is 9.37. The van der Waals surface area contributed by atoms with E-state index in [-0.39, 0.29) is 17.5 Å². The molecule has 34 heavy (non-hydrogen) atoms. The van der Waals surface area contributed by atoms with Gasteiger partial charge < -0.3 is 9.52 Å². The van der Waals surface area contributed by atoms with Crippen molar-refractivity contribution in [3.05, 3.63) is 52.6 Å². The number of carbonyl (C=O) groups excluding carboxylic acids is 1. The molecule has 0 spiro atoms. The van der Waals surface area contributed by atoms with Crippen molar-refractivity contribution >= 4 is 34.9 Å². The van der Waals surface area contributed by atoms with E-state index in [0.29, 0.717) is 28.0 Å². The van der Waals surface area contributed by atoms with Crippen molar-refractivity contribution in [2.75, 3.05) is 0 Å². The van der Waals surface area contributed by atoms with Gasteiger partial charge in [0.1, 0.15) is 11.5 Å². The van der Waals surface area contributed by atoms with Crippen molar-refractivity contribution in [1.82, 2.24) is 4.90 Å². The Balaban J connectivity index is 1.41. The number of hydrogen-bond acceptors (Lipinski definition) is 5. The first-order valence-electron chi connectivity index (χ1n) is 12.3. The van der Waals surface area contributed by atoms with Crippen LogP contribution in [0, 0.1) is 0 Å². The maximum Gasteiger partial charge on any atom is 0.335 e. The first kappa shape index (κ1) is 23.0. The van der Waals surface area contributed by atoms with E-state index in [9.17, 15) is 14.7 Å². The molecule has 178 valence electrons. The summed E-state index contributed by atoms with van der Waals surface area (Å²) in [7, 11) is 0. The molecule has 2 aromatic rings. The molecule has 1 amide bonds. The summed E-state index contributed by atoms with van der Waals surface area (Å²) >= 11 is 1.47. The third kappa shape index (κ3) is 4.99. The molecule has 1 aliphatic heterocycles. The molecule has 5 rings (SSSR count). The van der Waals surface area contributed by atoms with Gasteiger partial charge >= 0.3 is 5.97 Å². The summed E-state index contributed by atoms with van der Waals surface area (Å²) in [5.41, 5.74) is 0.903. The number of rotatable bonds is 5. The van der Waals surface area contributed by atoms with Crippen molar-refractivity contribution in [1.29, 1.82) is 0 Å². The Morgan fingerprint density at radius 2 is 1.76 bits per heavy atom. The highest BCUT2D eigenvalue weighted by atomic mass is 32.2. The summed E-state index contributed by atoms with van der Waals surface area (Å²) in [6, 6.07) is 10.8. The van der Waals surface area contributed by atoms with Crippen molar-refractivity contribution in [2.24, 2.45) is 4.99 Å². The van der Waals surface area contributed by atoms with Crippen molar-refractivity contribution in [3.8, 4) is 11.3 Å². The summed E-state index contributed by atoms with van der Waals surface area (Å²) in [4.78, 5) is 32.5. The van der Waals surface area contributed by atoms with Gasteiger partial charge in [-0.3, -0.25) is 14.7 Å².